The van der Waals surface area contributed by atoms with Crippen molar-refractivity contribution in [1.82, 2.24) is 9.97 Å². The van der Waals surface area contributed by atoms with Crippen LogP contribution in [0.4, 0.5) is 22.7 Å². The number of benzene rings is 1. The molecule has 7 heteroatoms. The van der Waals surface area contributed by atoms with E-state index < -0.39 is 4.92 Å². The molecule has 1 aromatic carbocycles. The third-order valence-electron chi connectivity index (χ3n) is 2.07. The molecule has 7 nitrogen and oxygen atoms in total. The van der Waals surface area contributed by atoms with Gasteiger partial charge in [0.15, 0.2) is 0 Å². The first-order valence-electron chi connectivity index (χ1n) is 4.73. The summed E-state index contributed by atoms with van der Waals surface area (Å²) in [6.45, 7) is 0. The van der Waals surface area contributed by atoms with Crippen LogP contribution in [0, 0.1) is 10.1 Å². The second kappa shape index (κ2) is 4.44. The van der Waals surface area contributed by atoms with Crippen LogP contribution in [0.5, 0.6) is 0 Å². The molecular formula is C10H9N5O2. The van der Waals surface area contributed by atoms with E-state index in [0.29, 0.717) is 11.4 Å². The number of nitro benzene ring substituents is 1. The largest absolute Gasteiger partial charge is 0.393 e. The van der Waals surface area contributed by atoms with Gasteiger partial charge in [0.1, 0.15) is 12.0 Å². The highest BCUT2D eigenvalue weighted by atomic mass is 16.6. The minimum absolute atomic E-state index is 0.108. The standard InChI is InChI=1S/C10H9N5O2/c11-9-3-7(1-2-10(9)15(16)17)14-8-4-12-6-13-5-8/h1-6,14H,11H2. The Bertz CT molecular complexity index is 544. The Morgan fingerprint density at radius 3 is 2.53 bits per heavy atom. The average molecular weight is 231 g/mol. The molecule has 0 spiro atoms. The molecular weight excluding hydrogens is 222 g/mol. The Hall–Kier alpha value is -2.70. The van der Waals surface area contributed by atoms with Gasteiger partial charge in [0.2, 0.25) is 0 Å². The van der Waals surface area contributed by atoms with Crippen molar-refractivity contribution in [2.45, 2.75) is 0 Å². The molecule has 0 aliphatic carbocycles. The van der Waals surface area contributed by atoms with E-state index in [2.05, 4.69) is 15.3 Å². The van der Waals surface area contributed by atoms with Gasteiger partial charge in [-0.25, -0.2) is 9.97 Å². The first-order valence-corrected chi connectivity index (χ1v) is 4.73. The number of nitrogens with one attached hydrogen (secondary N) is 1. The summed E-state index contributed by atoms with van der Waals surface area (Å²) in [5.41, 5.74) is 6.88. The topological polar surface area (TPSA) is 107 Å². The van der Waals surface area contributed by atoms with Crippen molar-refractivity contribution in [3.05, 3.63) is 47.0 Å². The monoisotopic (exact) mass is 231 g/mol. The fraction of sp³-hybridized carbons (Fsp3) is 0. The van der Waals surface area contributed by atoms with Crippen molar-refractivity contribution in [2.75, 3.05) is 11.1 Å². The van der Waals surface area contributed by atoms with Crippen LogP contribution in [-0.2, 0) is 0 Å². The smallest absolute Gasteiger partial charge is 0.292 e. The molecule has 1 heterocycles. The minimum atomic E-state index is -0.523. The minimum Gasteiger partial charge on any atom is -0.393 e. The number of rotatable bonds is 3. The van der Waals surface area contributed by atoms with E-state index in [0.717, 1.165) is 0 Å². The predicted molar refractivity (Wildman–Crippen MR) is 62.8 cm³/mol. The normalized spacial score (nSPS) is 9.88. The van der Waals surface area contributed by atoms with Gasteiger partial charge in [-0.15, -0.1) is 0 Å². The number of nitro groups is 1. The van der Waals surface area contributed by atoms with Crippen molar-refractivity contribution < 1.29 is 4.92 Å². The van der Waals surface area contributed by atoms with E-state index in [1.165, 1.54) is 18.5 Å². The summed E-state index contributed by atoms with van der Waals surface area (Å²) < 4.78 is 0. The van der Waals surface area contributed by atoms with Crippen LogP contribution in [-0.4, -0.2) is 14.9 Å². The molecule has 3 N–H and O–H groups in total. The second-order valence-corrected chi connectivity index (χ2v) is 3.28. The molecule has 0 amide bonds. The zero-order valence-electron chi connectivity index (χ0n) is 8.70. The number of hydrogen-bond donors (Lipinski definition) is 2. The molecule has 17 heavy (non-hydrogen) atoms. The fourth-order valence-corrected chi connectivity index (χ4v) is 1.33. The van der Waals surface area contributed by atoms with Crippen LogP contribution in [0.2, 0.25) is 0 Å². The highest BCUT2D eigenvalue weighted by molar-refractivity contribution is 5.69. The number of anilines is 3. The number of nitrogen functional groups attached to an aromatic ring is 1. The fourth-order valence-electron chi connectivity index (χ4n) is 1.33. The van der Waals surface area contributed by atoms with E-state index in [9.17, 15) is 10.1 Å². The van der Waals surface area contributed by atoms with E-state index in [4.69, 9.17) is 5.73 Å². The van der Waals surface area contributed by atoms with Crippen LogP contribution in [0.1, 0.15) is 0 Å². The molecule has 0 fully saturated rings. The van der Waals surface area contributed by atoms with Gasteiger partial charge in [0, 0.05) is 11.8 Å². The third-order valence-corrected chi connectivity index (χ3v) is 2.07. The summed E-state index contributed by atoms with van der Waals surface area (Å²) in [5, 5.41) is 13.6. The second-order valence-electron chi connectivity index (χ2n) is 3.28. The van der Waals surface area contributed by atoms with E-state index in [1.54, 1.807) is 18.5 Å². The molecule has 2 rings (SSSR count). The van der Waals surface area contributed by atoms with Gasteiger partial charge in [-0.05, 0) is 12.1 Å². The van der Waals surface area contributed by atoms with Crippen molar-refractivity contribution in [2.24, 2.45) is 0 Å². The lowest BCUT2D eigenvalue weighted by molar-refractivity contribution is -0.383. The molecule has 0 radical (unpaired) electrons. The van der Waals surface area contributed by atoms with Gasteiger partial charge in [-0.3, -0.25) is 10.1 Å². The van der Waals surface area contributed by atoms with E-state index in [-0.39, 0.29) is 11.4 Å². The zero-order valence-corrected chi connectivity index (χ0v) is 8.70. The van der Waals surface area contributed by atoms with Gasteiger partial charge in [-0.1, -0.05) is 0 Å². The number of aromatic nitrogens is 2. The summed E-state index contributed by atoms with van der Waals surface area (Å²) in [6.07, 6.45) is 4.59. The van der Waals surface area contributed by atoms with Crippen molar-refractivity contribution in [3.63, 3.8) is 0 Å². The van der Waals surface area contributed by atoms with Gasteiger partial charge in [0.25, 0.3) is 5.69 Å². The quantitative estimate of drug-likeness (QED) is 0.473. The van der Waals surface area contributed by atoms with Gasteiger partial charge < -0.3 is 11.1 Å². The van der Waals surface area contributed by atoms with Crippen molar-refractivity contribution >= 4 is 22.7 Å². The maximum atomic E-state index is 10.6. The summed E-state index contributed by atoms with van der Waals surface area (Å²) in [7, 11) is 0. The van der Waals surface area contributed by atoms with Crippen LogP contribution < -0.4 is 11.1 Å². The molecule has 1 aromatic heterocycles. The first kappa shape index (κ1) is 10.8. The number of hydrogen-bond acceptors (Lipinski definition) is 6. The van der Waals surface area contributed by atoms with Crippen LogP contribution in [0.3, 0.4) is 0 Å². The van der Waals surface area contributed by atoms with Crippen LogP contribution in [0.25, 0.3) is 0 Å². The van der Waals surface area contributed by atoms with Gasteiger partial charge in [-0.2, -0.15) is 0 Å². The molecule has 0 aliphatic rings. The lowest BCUT2D eigenvalue weighted by atomic mass is 10.2. The first-order chi connectivity index (χ1) is 8.16. The Morgan fingerprint density at radius 1 is 1.24 bits per heavy atom. The molecule has 0 saturated carbocycles. The van der Waals surface area contributed by atoms with Gasteiger partial charge >= 0.3 is 0 Å². The number of nitrogens with two attached hydrogens (primary N) is 1. The highest BCUT2D eigenvalue weighted by Gasteiger charge is 2.10. The summed E-state index contributed by atoms with van der Waals surface area (Å²) in [4.78, 5) is 17.7. The Balaban J connectivity index is 2.24. The predicted octanol–water partition coefficient (Wildman–Crippen LogP) is 1.71. The summed E-state index contributed by atoms with van der Waals surface area (Å²) >= 11 is 0. The Labute approximate surface area is 96.5 Å². The van der Waals surface area contributed by atoms with Crippen molar-refractivity contribution in [1.29, 1.82) is 0 Å². The van der Waals surface area contributed by atoms with Crippen LogP contribution in [0.15, 0.2) is 36.9 Å². The Kier molecular flexibility index (Phi) is 2.82. The summed E-state index contributed by atoms with van der Waals surface area (Å²) in [6, 6.07) is 4.41. The lowest BCUT2D eigenvalue weighted by Crippen LogP contribution is -1.98. The molecule has 0 unspecified atom stereocenters. The maximum Gasteiger partial charge on any atom is 0.292 e. The highest BCUT2D eigenvalue weighted by Crippen LogP contribution is 2.26. The zero-order chi connectivity index (χ0) is 12.3. The van der Waals surface area contributed by atoms with Crippen LogP contribution >= 0.6 is 0 Å². The Morgan fingerprint density at radius 2 is 1.94 bits per heavy atom. The summed E-state index contributed by atoms with van der Waals surface area (Å²) in [5.74, 6) is 0. The van der Waals surface area contributed by atoms with Gasteiger partial charge in [0.05, 0.1) is 23.0 Å². The van der Waals surface area contributed by atoms with E-state index in [1.807, 2.05) is 0 Å². The van der Waals surface area contributed by atoms with Crippen molar-refractivity contribution in [3.8, 4) is 0 Å². The molecule has 0 atom stereocenters. The lowest BCUT2D eigenvalue weighted by Gasteiger charge is -2.06. The SMILES string of the molecule is Nc1cc(Nc2cncnc2)ccc1[N+](=O)[O-]. The maximum absolute atomic E-state index is 10.6. The average Bonchev–Trinajstić information content (AvgIpc) is 2.30. The molecule has 0 bridgehead atoms. The molecule has 0 aliphatic heterocycles. The molecule has 2 aromatic rings. The molecule has 0 saturated heterocycles. The van der Waals surface area contributed by atoms with E-state index >= 15 is 0 Å². The third kappa shape index (κ3) is 2.46. The molecule has 86 valence electrons. The number of nitrogens with zero attached hydrogens (tertiary/aromatic N) is 3.